The van der Waals surface area contributed by atoms with Gasteiger partial charge in [0.15, 0.2) is 0 Å². The Morgan fingerprint density at radius 2 is 1.29 bits per heavy atom. The van der Waals surface area contributed by atoms with Crippen molar-refractivity contribution in [1.82, 2.24) is 4.90 Å². The maximum atomic E-state index is 13.2. The molecule has 2 aromatic carbocycles. The van der Waals surface area contributed by atoms with Crippen molar-refractivity contribution in [3.05, 3.63) is 60.2 Å². The summed E-state index contributed by atoms with van der Waals surface area (Å²) >= 11 is 0. The maximum absolute atomic E-state index is 13.2. The van der Waals surface area contributed by atoms with Crippen molar-refractivity contribution in [2.45, 2.75) is 103 Å². The Morgan fingerprint density at radius 3 is 1.83 bits per heavy atom. The molecule has 42 heavy (non-hydrogen) atoms. The van der Waals surface area contributed by atoms with Crippen molar-refractivity contribution in [3.63, 3.8) is 0 Å². The molecule has 0 fully saturated rings. The molecule has 0 saturated carbocycles. The van der Waals surface area contributed by atoms with Gasteiger partial charge in [0.05, 0.1) is 27.9 Å². The fourth-order valence-corrected chi connectivity index (χ4v) is 5.15. The van der Waals surface area contributed by atoms with E-state index in [-0.39, 0.29) is 12.5 Å². The summed E-state index contributed by atoms with van der Waals surface area (Å²) in [5.41, 5.74) is 1.72. The zero-order chi connectivity index (χ0) is 30.3. The highest BCUT2D eigenvalue weighted by Crippen LogP contribution is 2.38. The molecule has 0 heterocycles. The average molecular weight is 581 g/mol. The third-order valence-electron chi connectivity index (χ3n) is 7.58. The minimum absolute atomic E-state index is 0.0998. The normalized spacial score (nSPS) is 11.3. The number of ether oxygens (including phenoxy) is 3. The minimum Gasteiger partial charge on any atom is -0.496 e. The Hall–Kier alpha value is -2.99. The number of benzene rings is 2. The second-order valence-electron chi connectivity index (χ2n) is 11.1. The van der Waals surface area contributed by atoms with Crippen LogP contribution < -0.4 is 19.5 Å². The predicted octanol–water partition coefficient (Wildman–Crippen LogP) is 9.19. The lowest BCUT2D eigenvalue weighted by molar-refractivity contribution is -0.117. The van der Waals surface area contributed by atoms with Gasteiger partial charge in [-0.3, -0.25) is 9.69 Å². The summed E-state index contributed by atoms with van der Waals surface area (Å²) in [4.78, 5) is 15.4. The van der Waals surface area contributed by atoms with E-state index in [0.717, 1.165) is 19.5 Å². The Labute approximate surface area is 255 Å². The van der Waals surface area contributed by atoms with E-state index in [1.807, 2.05) is 18.2 Å². The van der Waals surface area contributed by atoms with Gasteiger partial charge in [0.1, 0.15) is 22.9 Å². The molecule has 0 saturated heterocycles. The molecule has 0 aromatic heterocycles. The van der Waals surface area contributed by atoms with Crippen LogP contribution >= 0.6 is 0 Å². The lowest BCUT2D eigenvalue weighted by Gasteiger charge is -2.23. The average Bonchev–Trinajstić information content (AvgIpc) is 3.01. The van der Waals surface area contributed by atoms with Crippen molar-refractivity contribution in [3.8, 4) is 17.2 Å². The molecule has 1 amide bonds. The Bertz CT molecular complexity index is 984. The first-order valence-electron chi connectivity index (χ1n) is 16.1. The number of nitrogens with one attached hydrogen (secondary N) is 1. The molecular formula is C36H56N2O4. The number of nitrogens with zero attached hydrogens (tertiary/aromatic N) is 1. The van der Waals surface area contributed by atoms with Gasteiger partial charge in [-0.2, -0.15) is 0 Å². The Balaban J connectivity index is 1.73. The van der Waals surface area contributed by atoms with Crippen LogP contribution in [-0.2, 0) is 11.3 Å². The first-order valence-corrected chi connectivity index (χ1v) is 16.1. The van der Waals surface area contributed by atoms with Crippen LogP contribution in [0, 0.1) is 0 Å². The summed E-state index contributed by atoms with van der Waals surface area (Å²) < 4.78 is 16.3. The molecule has 0 aliphatic heterocycles. The van der Waals surface area contributed by atoms with Crippen molar-refractivity contribution in [2.75, 3.05) is 39.7 Å². The van der Waals surface area contributed by atoms with E-state index in [1.54, 1.807) is 33.5 Å². The van der Waals surface area contributed by atoms with Gasteiger partial charge in [-0.15, -0.1) is 0 Å². The third-order valence-corrected chi connectivity index (χ3v) is 7.58. The lowest BCUT2D eigenvalue weighted by atomic mass is 10.1. The molecule has 0 radical (unpaired) electrons. The van der Waals surface area contributed by atoms with Crippen LogP contribution in [0.15, 0.2) is 54.6 Å². The molecule has 1 N–H and O–H groups in total. The summed E-state index contributed by atoms with van der Waals surface area (Å²) in [6.45, 7) is 4.17. The number of methoxy groups -OCH3 is 3. The maximum Gasteiger partial charge on any atom is 0.238 e. The number of hydrogen-bond donors (Lipinski definition) is 1. The van der Waals surface area contributed by atoms with E-state index in [1.165, 1.54) is 89.0 Å². The summed E-state index contributed by atoms with van der Waals surface area (Å²) in [7, 11) is 4.73. The second kappa shape index (κ2) is 22.6. The quantitative estimate of drug-likeness (QED) is 0.0991. The first kappa shape index (κ1) is 35.2. The largest absolute Gasteiger partial charge is 0.496 e. The van der Waals surface area contributed by atoms with Crippen LogP contribution in [0.2, 0.25) is 0 Å². The molecule has 0 bridgehead atoms. The van der Waals surface area contributed by atoms with Gasteiger partial charge >= 0.3 is 0 Å². The molecule has 2 rings (SSSR count). The number of unbranched alkanes of at least 4 members (excludes halogenated alkanes) is 12. The van der Waals surface area contributed by atoms with Crippen LogP contribution in [0.4, 0.5) is 5.69 Å². The van der Waals surface area contributed by atoms with Gasteiger partial charge in [0, 0.05) is 18.7 Å². The molecule has 234 valence electrons. The molecule has 0 spiro atoms. The highest BCUT2D eigenvalue weighted by molar-refractivity contribution is 5.95. The number of hydrogen-bond acceptors (Lipinski definition) is 5. The molecule has 6 heteroatoms. The van der Waals surface area contributed by atoms with E-state index in [0.29, 0.717) is 22.9 Å². The smallest absolute Gasteiger partial charge is 0.238 e. The first-order chi connectivity index (χ1) is 20.6. The van der Waals surface area contributed by atoms with Crippen LogP contribution in [0.25, 0.3) is 0 Å². The van der Waals surface area contributed by atoms with Crippen LogP contribution in [0.1, 0.15) is 102 Å². The van der Waals surface area contributed by atoms with E-state index in [9.17, 15) is 4.79 Å². The van der Waals surface area contributed by atoms with Crippen molar-refractivity contribution >= 4 is 11.6 Å². The summed E-state index contributed by atoms with van der Waals surface area (Å²) in [5, 5.41) is 3.01. The second-order valence-corrected chi connectivity index (χ2v) is 11.1. The van der Waals surface area contributed by atoms with Gasteiger partial charge in [-0.05, 0) is 44.2 Å². The lowest BCUT2D eigenvalue weighted by Crippen LogP contribution is -2.33. The Kier molecular flexibility index (Phi) is 18.9. The summed E-state index contributed by atoms with van der Waals surface area (Å²) in [6, 6.07) is 13.8. The number of carbonyl (C=O) groups is 1. The number of allylic oxidation sites excluding steroid dienone is 2. The third kappa shape index (κ3) is 14.8. The van der Waals surface area contributed by atoms with Gasteiger partial charge in [0.2, 0.25) is 5.91 Å². The zero-order valence-electron chi connectivity index (χ0n) is 26.8. The fourth-order valence-electron chi connectivity index (χ4n) is 5.15. The summed E-state index contributed by atoms with van der Waals surface area (Å²) in [6.07, 6.45) is 22.8. The molecule has 0 aliphatic carbocycles. The molecule has 0 aliphatic rings. The molecular weight excluding hydrogens is 524 g/mol. The molecule has 0 unspecified atom stereocenters. The van der Waals surface area contributed by atoms with Crippen molar-refractivity contribution in [2.24, 2.45) is 0 Å². The highest BCUT2D eigenvalue weighted by atomic mass is 16.5. The van der Waals surface area contributed by atoms with E-state index in [4.69, 9.17) is 14.2 Å². The van der Waals surface area contributed by atoms with Crippen molar-refractivity contribution in [1.29, 1.82) is 0 Å². The molecule has 0 atom stereocenters. The van der Waals surface area contributed by atoms with Gasteiger partial charge < -0.3 is 19.5 Å². The number of carbonyl (C=O) groups excluding carboxylic acids is 1. The minimum atomic E-state index is -0.0998. The summed E-state index contributed by atoms with van der Waals surface area (Å²) in [5.74, 6) is 1.51. The van der Waals surface area contributed by atoms with Crippen LogP contribution in [-0.4, -0.2) is 45.2 Å². The standard InChI is InChI=1S/C36H56N2O4/c1-5-6-7-8-9-10-11-12-13-14-15-16-17-18-19-23-26-38(29-31-24-21-20-22-25-31)30-35(39)37-36-33(41-3)27-32(40-2)28-34(36)42-4/h12-13,20-22,24-25,27-28H,5-11,14-19,23,26,29-30H2,1-4H3,(H,37,39). The SMILES string of the molecule is CCCCCCCCC=CCCCCCCCCN(CC(=O)Nc1c(OC)cc(OC)cc1OC)Cc1ccccc1. The predicted molar refractivity (Wildman–Crippen MR) is 176 cm³/mol. The van der Waals surface area contributed by atoms with E-state index in [2.05, 4.69) is 41.4 Å². The fraction of sp³-hybridized carbons (Fsp3) is 0.583. The van der Waals surface area contributed by atoms with Gasteiger partial charge in [-0.1, -0.05) is 107 Å². The number of rotatable bonds is 24. The molecule has 2 aromatic rings. The van der Waals surface area contributed by atoms with Crippen molar-refractivity contribution < 1.29 is 19.0 Å². The number of amides is 1. The van der Waals surface area contributed by atoms with E-state index >= 15 is 0 Å². The van der Waals surface area contributed by atoms with Gasteiger partial charge in [-0.25, -0.2) is 0 Å². The van der Waals surface area contributed by atoms with E-state index < -0.39 is 0 Å². The monoisotopic (exact) mass is 580 g/mol. The van der Waals surface area contributed by atoms with Crippen LogP contribution in [0.5, 0.6) is 17.2 Å². The topological polar surface area (TPSA) is 60.0 Å². The molecule has 6 nitrogen and oxygen atoms in total. The van der Waals surface area contributed by atoms with Crippen LogP contribution in [0.3, 0.4) is 0 Å². The zero-order valence-corrected chi connectivity index (χ0v) is 26.8. The number of anilines is 1. The Morgan fingerprint density at radius 1 is 0.738 bits per heavy atom. The van der Waals surface area contributed by atoms with Gasteiger partial charge in [0.25, 0.3) is 0 Å². The highest BCUT2D eigenvalue weighted by Gasteiger charge is 2.18.